The van der Waals surface area contributed by atoms with Gasteiger partial charge in [-0.1, -0.05) is 25.3 Å². The second-order valence-electron chi connectivity index (χ2n) is 7.24. The van der Waals surface area contributed by atoms with E-state index in [1.165, 1.54) is 10.1 Å². The third kappa shape index (κ3) is 4.13. The molecule has 2 heterocycles. The fourth-order valence-electron chi connectivity index (χ4n) is 3.77. The first-order chi connectivity index (χ1) is 13.0. The van der Waals surface area contributed by atoms with Crippen LogP contribution in [0, 0.1) is 0 Å². The van der Waals surface area contributed by atoms with Crippen LogP contribution in [0.5, 0.6) is 0 Å². The van der Waals surface area contributed by atoms with Gasteiger partial charge in [0.05, 0.1) is 11.0 Å². The molecule has 1 aliphatic rings. The maximum absolute atomic E-state index is 12.7. The largest absolute Gasteiger partial charge is 0.396 e. The number of nitrogens with zero attached hydrogens (tertiary/aromatic N) is 2. The molecule has 2 N–H and O–H groups in total. The Balaban J connectivity index is 1.78. The molecule has 0 radical (unpaired) electrons. The summed E-state index contributed by atoms with van der Waals surface area (Å²) in [5.74, 6) is -0.696. The van der Waals surface area contributed by atoms with Gasteiger partial charge in [-0.05, 0) is 43.4 Å². The van der Waals surface area contributed by atoms with Crippen molar-refractivity contribution in [3.8, 4) is 0 Å². The Morgan fingerprint density at radius 2 is 1.81 bits per heavy atom. The SMILES string of the molecule is Cn1c(=O)n(C2CCC(=O)NC2=O)c2ccc(CCCCCCCO)cc21. The van der Waals surface area contributed by atoms with Crippen molar-refractivity contribution in [2.24, 2.45) is 7.05 Å². The lowest BCUT2D eigenvalue weighted by Gasteiger charge is -2.21. The quantitative estimate of drug-likeness (QED) is 0.545. The molecule has 2 amide bonds. The van der Waals surface area contributed by atoms with E-state index in [2.05, 4.69) is 5.32 Å². The standard InChI is InChI=1S/C20H27N3O4/c1-22-17-13-14(7-5-3-2-4-6-12-24)8-9-15(17)23(20(22)27)16-10-11-18(25)21-19(16)26/h8-9,13,16,24H,2-7,10-12H2,1H3,(H,21,25,26). The van der Waals surface area contributed by atoms with Crippen molar-refractivity contribution in [2.75, 3.05) is 6.61 Å². The van der Waals surface area contributed by atoms with Crippen LogP contribution in [0.25, 0.3) is 11.0 Å². The molecule has 1 aliphatic heterocycles. The van der Waals surface area contributed by atoms with Crippen molar-refractivity contribution in [1.29, 1.82) is 0 Å². The Hall–Kier alpha value is -2.41. The lowest BCUT2D eigenvalue weighted by molar-refractivity contribution is -0.135. The number of unbranched alkanes of at least 4 members (excludes halogenated alkanes) is 4. The Morgan fingerprint density at radius 3 is 2.56 bits per heavy atom. The summed E-state index contributed by atoms with van der Waals surface area (Å²) in [6, 6.07) is 5.29. The van der Waals surface area contributed by atoms with E-state index in [0.717, 1.165) is 49.6 Å². The number of nitrogens with one attached hydrogen (secondary N) is 1. The maximum atomic E-state index is 12.7. The van der Waals surface area contributed by atoms with Crippen molar-refractivity contribution in [3.05, 3.63) is 34.2 Å². The third-order valence-corrected chi connectivity index (χ3v) is 5.30. The van der Waals surface area contributed by atoms with Gasteiger partial charge < -0.3 is 5.11 Å². The number of aliphatic hydroxyl groups excluding tert-OH is 1. The highest BCUT2D eigenvalue weighted by Crippen LogP contribution is 2.24. The van der Waals surface area contributed by atoms with Crippen LogP contribution in [0.3, 0.4) is 0 Å². The summed E-state index contributed by atoms with van der Waals surface area (Å²) in [4.78, 5) is 36.3. The minimum atomic E-state index is -0.642. The Labute approximate surface area is 158 Å². The first kappa shape index (κ1) is 19.4. The molecule has 27 heavy (non-hydrogen) atoms. The number of carbonyl (C=O) groups excluding carboxylic acids is 2. The molecule has 0 saturated carbocycles. The number of piperidine rings is 1. The molecule has 0 aliphatic carbocycles. The van der Waals surface area contributed by atoms with Gasteiger partial charge in [0.25, 0.3) is 0 Å². The molecule has 7 nitrogen and oxygen atoms in total. The van der Waals surface area contributed by atoms with E-state index >= 15 is 0 Å². The van der Waals surface area contributed by atoms with E-state index < -0.39 is 11.9 Å². The number of amides is 2. The van der Waals surface area contributed by atoms with Gasteiger partial charge in [-0.2, -0.15) is 0 Å². The molecule has 2 aromatic rings. The smallest absolute Gasteiger partial charge is 0.329 e. The molecule has 3 rings (SSSR count). The number of imidazole rings is 1. The van der Waals surface area contributed by atoms with E-state index in [1.54, 1.807) is 11.6 Å². The monoisotopic (exact) mass is 373 g/mol. The summed E-state index contributed by atoms with van der Waals surface area (Å²) in [6.45, 7) is 0.259. The normalized spacial score (nSPS) is 17.5. The average Bonchev–Trinajstić information content (AvgIpc) is 2.89. The van der Waals surface area contributed by atoms with Gasteiger partial charge in [-0.25, -0.2) is 4.79 Å². The number of fused-ring (bicyclic) bond motifs is 1. The summed E-state index contributed by atoms with van der Waals surface area (Å²) < 4.78 is 3.08. The number of aromatic nitrogens is 2. The van der Waals surface area contributed by atoms with Crippen LogP contribution in [0.2, 0.25) is 0 Å². The van der Waals surface area contributed by atoms with Gasteiger partial charge in [-0.15, -0.1) is 0 Å². The van der Waals surface area contributed by atoms with Crippen LogP contribution in [0.4, 0.5) is 0 Å². The molecule has 1 saturated heterocycles. The lowest BCUT2D eigenvalue weighted by Crippen LogP contribution is -2.44. The van der Waals surface area contributed by atoms with Crippen molar-refractivity contribution >= 4 is 22.8 Å². The molecule has 0 bridgehead atoms. The topological polar surface area (TPSA) is 93.3 Å². The predicted octanol–water partition coefficient (Wildman–Crippen LogP) is 1.80. The van der Waals surface area contributed by atoms with Gasteiger partial charge in [0.1, 0.15) is 6.04 Å². The van der Waals surface area contributed by atoms with Crippen LogP contribution in [0.1, 0.15) is 56.6 Å². The fraction of sp³-hybridized carbons (Fsp3) is 0.550. The molecule has 7 heteroatoms. The van der Waals surface area contributed by atoms with Crippen molar-refractivity contribution in [3.63, 3.8) is 0 Å². The summed E-state index contributed by atoms with van der Waals surface area (Å²) in [7, 11) is 1.71. The van der Waals surface area contributed by atoms with E-state index in [4.69, 9.17) is 5.11 Å². The van der Waals surface area contributed by atoms with Crippen LogP contribution < -0.4 is 11.0 Å². The van der Waals surface area contributed by atoms with Gasteiger partial charge >= 0.3 is 5.69 Å². The van der Waals surface area contributed by atoms with E-state index in [0.29, 0.717) is 6.42 Å². The summed E-state index contributed by atoms with van der Waals surface area (Å²) in [5, 5.41) is 11.1. The third-order valence-electron chi connectivity index (χ3n) is 5.30. The number of aryl methyl sites for hydroxylation is 2. The first-order valence-corrected chi connectivity index (χ1v) is 9.67. The van der Waals surface area contributed by atoms with E-state index in [-0.39, 0.29) is 24.6 Å². The summed E-state index contributed by atoms with van der Waals surface area (Å²) in [5.41, 5.74) is 2.47. The second-order valence-corrected chi connectivity index (χ2v) is 7.24. The summed E-state index contributed by atoms with van der Waals surface area (Å²) in [6.07, 6.45) is 6.75. The predicted molar refractivity (Wildman–Crippen MR) is 102 cm³/mol. The molecule has 1 aromatic heterocycles. The Morgan fingerprint density at radius 1 is 1.07 bits per heavy atom. The van der Waals surface area contributed by atoms with Crippen LogP contribution in [-0.2, 0) is 23.1 Å². The van der Waals surface area contributed by atoms with Gasteiger partial charge in [0.2, 0.25) is 11.8 Å². The van der Waals surface area contributed by atoms with Crippen LogP contribution in [-0.4, -0.2) is 32.7 Å². The average molecular weight is 373 g/mol. The molecule has 1 aromatic carbocycles. The zero-order valence-electron chi connectivity index (χ0n) is 15.7. The maximum Gasteiger partial charge on any atom is 0.329 e. The first-order valence-electron chi connectivity index (χ1n) is 9.67. The van der Waals surface area contributed by atoms with E-state index in [9.17, 15) is 14.4 Å². The Kier molecular flexibility index (Phi) is 6.11. The molecular formula is C20H27N3O4. The highest BCUT2D eigenvalue weighted by atomic mass is 16.3. The molecule has 1 atom stereocenters. The summed E-state index contributed by atoms with van der Waals surface area (Å²) >= 11 is 0. The zero-order valence-corrected chi connectivity index (χ0v) is 15.7. The number of rotatable bonds is 8. The van der Waals surface area contributed by atoms with Crippen molar-refractivity contribution in [1.82, 2.24) is 14.5 Å². The number of carbonyl (C=O) groups is 2. The number of hydrogen-bond acceptors (Lipinski definition) is 4. The van der Waals surface area contributed by atoms with Crippen LogP contribution in [0.15, 0.2) is 23.0 Å². The van der Waals surface area contributed by atoms with E-state index in [1.807, 2.05) is 18.2 Å². The van der Waals surface area contributed by atoms with Crippen molar-refractivity contribution < 1.29 is 14.7 Å². The number of hydrogen-bond donors (Lipinski definition) is 2. The molecule has 146 valence electrons. The van der Waals surface area contributed by atoms with Gasteiger partial charge in [0.15, 0.2) is 0 Å². The van der Waals surface area contributed by atoms with Gasteiger partial charge in [0, 0.05) is 20.1 Å². The molecule has 0 spiro atoms. The number of benzene rings is 1. The van der Waals surface area contributed by atoms with Crippen LogP contribution >= 0.6 is 0 Å². The lowest BCUT2D eigenvalue weighted by atomic mass is 10.0. The highest BCUT2D eigenvalue weighted by Gasteiger charge is 2.31. The fourth-order valence-corrected chi connectivity index (χ4v) is 3.77. The zero-order chi connectivity index (χ0) is 19.4. The Bertz CT molecular complexity index is 896. The van der Waals surface area contributed by atoms with Gasteiger partial charge in [-0.3, -0.25) is 24.0 Å². The minimum absolute atomic E-state index is 0.236. The second kappa shape index (κ2) is 8.52. The minimum Gasteiger partial charge on any atom is -0.396 e. The highest BCUT2D eigenvalue weighted by molar-refractivity contribution is 6.00. The molecule has 1 fully saturated rings. The van der Waals surface area contributed by atoms with Crippen molar-refractivity contribution in [2.45, 2.75) is 57.4 Å². The number of aliphatic hydroxyl groups is 1. The molecular weight excluding hydrogens is 346 g/mol. The number of imide groups is 1. The molecule has 1 unspecified atom stereocenters.